The molecule has 0 aliphatic heterocycles. The first kappa shape index (κ1) is 14.1. The number of aromatic nitrogens is 3. The topological polar surface area (TPSA) is 53.6 Å². The molecule has 5 heteroatoms. The van der Waals surface area contributed by atoms with E-state index in [1.165, 1.54) is 5.56 Å². The van der Waals surface area contributed by atoms with E-state index in [-0.39, 0.29) is 0 Å². The molecule has 0 bridgehead atoms. The highest BCUT2D eigenvalue weighted by Crippen LogP contribution is 2.26. The van der Waals surface area contributed by atoms with Gasteiger partial charge in [0.25, 0.3) is 0 Å². The van der Waals surface area contributed by atoms with E-state index in [0.717, 1.165) is 27.8 Å². The monoisotopic (exact) mass is 298 g/mol. The zero-order valence-electron chi connectivity index (χ0n) is 12.1. The standard InChI is InChI=1S/C16H18N4S/c1-3-17-11(2)12-8-9-15(18-10-12)21-16-19-13-6-4-5-7-14(13)20-16/h4-11,17H,3H2,1-2H3,(H,19,20). The highest BCUT2D eigenvalue weighted by Gasteiger charge is 2.07. The average molecular weight is 298 g/mol. The number of fused-ring (bicyclic) bond motifs is 1. The van der Waals surface area contributed by atoms with Gasteiger partial charge in [-0.2, -0.15) is 0 Å². The van der Waals surface area contributed by atoms with Crippen molar-refractivity contribution in [3.8, 4) is 0 Å². The van der Waals surface area contributed by atoms with Crippen molar-refractivity contribution in [3.05, 3.63) is 48.2 Å². The third-order valence-electron chi connectivity index (χ3n) is 3.34. The van der Waals surface area contributed by atoms with Gasteiger partial charge in [-0.05, 0) is 49.0 Å². The van der Waals surface area contributed by atoms with E-state index in [9.17, 15) is 0 Å². The summed E-state index contributed by atoms with van der Waals surface area (Å²) in [7, 11) is 0. The predicted octanol–water partition coefficient (Wildman–Crippen LogP) is 3.78. The summed E-state index contributed by atoms with van der Waals surface area (Å²) in [5.74, 6) is 0. The average Bonchev–Trinajstić information content (AvgIpc) is 2.90. The zero-order chi connectivity index (χ0) is 14.7. The zero-order valence-corrected chi connectivity index (χ0v) is 12.9. The second kappa shape index (κ2) is 6.28. The summed E-state index contributed by atoms with van der Waals surface area (Å²) in [6.45, 7) is 5.21. The summed E-state index contributed by atoms with van der Waals surface area (Å²) in [5.41, 5.74) is 3.24. The molecule has 1 unspecified atom stereocenters. The highest BCUT2D eigenvalue weighted by atomic mass is 32.2. The summed E-state index contributed by atoms with van der Waals surface area (Å²) in [6.07, 6.45) is 1.93. The van der Waals surface area contributed by atoms with Gasteiger partial charge in [-0.15, -0.1) is 0 Å². The van der Waals surface area contributed by atoms with Crippen LogP contribution in [0, 0.1) is 0 Å². The minimum absolute atomic E-state index is 0.327. The molecule has 108 valence electrons. The molecule has 0 amide bonds. The summed E-state index contributed by atoms with van der Waals surface area (Å²) in [4.78, 5) is 12.4. The molecule has 1 atom stereocenters. The van der Waals surface area contributed by atoms with Crippen LogP contribution in [0.1, 0.15) is 25.5 Å². The number of H-pyrrole nitrogens is 1. The Kier molecular flexibility index (Phi) is 4.22. The van der Waals surface area contributed by atoms with Crippen LogP contribution in [0.15, 0.2) is 52.8 Å². The lowest BCUT2D eigenvalue weighted by atomic mass is 10.1. The van der Waals surface area contributed by atoms with E-state index in [0.29, 0.717) is 6.04 Å². The van der Waals surface area contributed by atoms with Crippen LogP contribution in [0.4, 0.5) is 0 Å². The second-order valence-electron chi connectivity index (χ2n) is 4.87. The molecule has 2 heterocycles. The summed E-state index contributed by atoms with van der Waals surface area (Å²) in [5, 5.41) is 5.20. The van der Waals surface area contributed by atoms with E-state index in [2.05, 4.69) is 40.2 Å². The smallest absolute Gasteiger partial charge is 0.172 e. The maximum absolute atomic E-state index is 4.55. The van der Waals surface area contributed by atoms with E-state index in [1.54, 1.807) is 11.8 Å². The van der Waals surface area contributed by atoms with Crippen LogP contribution < -0.4 is 5.32 Å². The molecule has 0 saturated carbocycles. The Balaban J connectivity index is 1.75. The van der Waals surface area contributed by atoms with E-state index >= 15 is 0 Å². The Bertz CT molecular complexity index is 687. The van der Waals surface area contributed by atoms with Gasteiger partial charge in [0.2, 0.25) is 0 Å². The lowest BCUT2D eigenvalue weighted by molar-refractivity contribution is 0.595. The molecule has 1 aromatic carbocycles. The van der Waals surface area contributed by atoms with Gasteiger partial charge in [0.15, 0.2) is 5.16 Å². The van der Waals surface area contributed by atoms with Crippen LogP contribution in [0.25, 0.3) is 11.0 Å². The minimum Gasteiger partial charge on any atom is -0.333 e. The maximum Gasteiger partial charge on any atom is 0.172 e. The number of benzene rings is 1. The number of nitrogens with one attached hydrogen (secondary N) is 2. The molecule has 4 nitrogen and oxygen atoms in total. The van der Waals surface area contributed by atoms with Crippen molar-refractivity contribution in [3.63, 3.8) is 0 Å². The summed E-state index contributed by atoms with van der Waals surface area (Å²) < 4.78 is 0. The lowest BCUT2D eigenvalue weighted by Gasteiger charge is -2.12. The fraction of sp³-hybridized carbons (Fsp3) is 0.250. The number of imidazole rings is 1. The van der Waals surface area contributed by atoms with Crippen molar-refractivity contribution in [1.29, 1.82) is 0 Å². The number of aromatic amines is 1. The van der Waals surface area contributed by atoms with Gasteiger partial charge in [0.05, 0.1) is 11.0 Å². The van der Waals surface area contributed by atoms with E-state index in [4.69, 9.17) is 0 Å². The van der Waals surface area contributed by atoms with Crippen molar-refractivity contribution in [2.24, 2.45) is 0 Å². The van der Waals surface area contributed by atoms with Crippen molar-refractivity contribution in [2.45, 2.75) is 30.1 Å². The van der Waals surface area contributed by atoms with Crippen LogP contribution >= 0.6 is 11.8 Å². The van der Waals surface area contributed by atoms with Gasteiger partial charge < -0.3 is 10.3 Å². The number of hydrogen-bond donors (Lipinski definition) is 2. The first-order chi connectivity index (χ1) is 10.3. The van der Waals surface area contributed by atoms with E-state index in [1.807, 2.05) is 36.5 Å². The maximum atomic E-state index is 4.55. The SMILES string of the molecule is CCNC(C)c1ccc(Sc2nc3ccccc3[nH]2)nc1. The molecule has 3 rings (SSSR count). The van der Waals surface area contributed by atoms with Crippen molar-refractivity contribution < 1.29 is 0 Å². The van der Waals surface area contributed by atoms with Crippen molar-refractivity contribution in [2.75, 3.05) is 6.54 Å². The van der Waals surface area contributed by atoms with Gasteiger partial charge in [-0.25, -0.2) is 9.97 Å². The molecule has 0 fully saturated rings. The molecule has 0 aliphatic carbocycles. The molecule has 0 saturated heterocycles. The first-order valence-electron chi connectivity index (χ1n) is 7.08. The van der Waals surface area contributed by atoms with E-state index < -0.39 is 0 Å². The first-order valence-corrected chi connectivity index (χ1v) is 7.90. The number of nitrogens with zero attached hydrogens (tertiary/aromatic N) is 2. The predicted molar refractivity (Wildman–Crippen MR) is 86.5 cm³/mol. The number of rotatable bonds is 5. The van der Waals surface area contributed by atoms with Crippen molar-refractivity contribution in [1.82, 2.24) is 20.3 Å². The third kappa shape index (κ3) is 3.25. The molecule has 21 heavy (non-hydrogen) atoms. The molecule has 3 aromatic rings. The molecule has 0 aliphatic rings. The van der Waals surface area contributed by atoms with Gasteiger partial charge in [0.1, 0.15) is 5.03 Å². The summed E-state index contributed by atoms with van der Waals surface area (Å²) >= 11 is 1.55. The van der Waals surface area contributed by atoms with Gasteiger partial charge in [-0.3, -0.25) is 0 Å². The second-order valence-corrected chi connectivity index (χ2v) is 5.88. The molecule has 2 aromatic heterocycles. The van der Waals surface area contributed by atoms with Crippen molar-refractivity contribution >= 4 is 22.8 Å². The number of hydrogen-bond acceptors (Lipinski definition) is 4. The largest absolute Gasteiger partial charge is 0.333 e. The third-order valence-corrected chi connectivity index (χ3v) is 4.18. The molecule has 0 spiro atoms. The lowest BCUT2D eigenvalue weighted by Crippen LogP contribution is -2.17. The van der Waals surface area contributed by atoms with Gasteiger partial charge >= 0.3 is 0 Å². The molecular formula is C16H18N4S. The quantitative estimate of drug-likeness (QED) is 0.752. The summed E-state index contributed by atoms with van der Waals surface area (Å²) in [6, 6.07) is 12.5. The fourth-order valence-corrected chi connectivity index (χ4v) is 2.95. The number of para-hydroxylation sites is 2. The Morgan fingerprint density at radius 2 is 2.10 bits per heavy atom. The Morgan fingerprint density at radius 1 is 1.24 bits per heavy atom. The molecule has 2 N–H and O–H groups in total. The molecule has 0 radical (unpaired) electrons. The Hall–Kier alpha value is -1.85. The van der Waals surface area contributed by atoms with Gasteiger partial charge in [-0.1, -0.05) is 25.1 Å². The van der Waals surface area contributed by atoms with Crippen LogP contribution in [0.3, 0.4) is 0 Å². The normalized spacial score (nSPS) is 12.7. The molecular weight excluding hydrogens is 280 g/mol. The Morgan fingerprint density at radius 3 is 2.81 bits per heavy atom. The number of pyridine rings is 1. The van der Waals surface area contributed by atoms with Crippen LogP contribution in [-0.2, 0) is 0 Å². The van der Waals surface area contributed by atoms with Crippen LogP contribution in [0.5, 0.6) is 0 Å². The van der Waals surface area contributed by atoms with Crippen LogP contribution in [-0.4, -0.2) is 21.5 Å². The Labute approximate surface area is 128 Å². The minimum atomic E-state index is 0.327. The highest BCUT2D eigenvalue weighted by molar-refractivity contribution is 7.99. The van der Waals surface area contributed by atoms with Crippen LogP contribution in [0.2, 0.25) is 0 Å². The fourth-order valence-electron chi connectivity index (χ4n) is 2.21. The van der Waals surface area contributed by atoms with Gasteiger partial charge in [0, 0.05) is 12.2 Å².